The summed E-state index contributed by atoms with van der Waals surface area (Å²) in [6, 6.07) is 1.71. The Bertz CT molecular complexity index is 257. The summed E-state index contributed by atoms with van der Waals surface area (Å²) in [7, 11) is 1.49. The van der Waals surface area contributed by atoms with Gasteiger partial charge in [-0.3, -0.25) is 4.79 Å². The number of hydrogen-bond donors (Lipinski definition) is 1. The largest absolute Gasteiger partial charge is 0.390 e. The molecule has 0 spiro atoms. The molecular weight excluding hydrogens is 162 g/mol. The van der Waals surface area contributed by atoms with E-state index in [2.05, 4.69) is 4.74 Å². The Morgan fingerprint density at radius 1 is 1.82 bits per heavy atom. The molecule has 4 heteroatoms. The molecule has 0 aliphatic rings. The quantitative estimate of drug-likeness (QED) is 0.694. The number of rotatable bonds is 3. The van der Waals surface area contributed by atoms with Crippen LogP contribution >= 0.6 is 11.3 Å². The summed E-state index contributed by atoms with van der Waals surface area (Å²) in [5, 5.41) is 2.35. The highest BCUT2D eigenvalue weighted by Crippen LogP contribution is 2.19. The number of Topliss-reactive ketones (excluding diaryl/α,β-unsaturated/α-hetero) is 1. The summed E-state index contributed by atoms with van der Waals surface area (Å²) < 4.78 is 4.68. The second-order valence-corrected chi connectivity index (χ2v) is 3.00. The number of ketones is 1. The van der Waals surface area contributed by atoms with E-state index >= 15 is 0 Å². The molecule has 0 bridgehead atoms. The van der Waals surface area contributed by atoms with Crippen molar-refractivity contribution in [3.63, 3.8) is 0 Å². The SMILES string of the molecule is COCC(=O)c1ccsc1N. The predicted molar refractivity (Wildman–Crippen MR) is 44.9 cm³/mol. The molecule has 1 aromatic rings. The Kier molecular flexibility index (Phi) is 2.62. The molecule has 0 saturated carbocycles. The van der Waals surface area contributed by atoms with E-state index in [0.717, 1.165) is 0 Å². The molecule has 60 valence electrons. The summed E-state index contributed by atoms with van der Waals surface area (Å²) in [5.41, 5.74) is 6.08. The number of carbonyl (C=O) groups is 1. The van der Waals surface area contributed by atoms with E-state index in [9.17, 15) is 4.79 Å². The van der Waals surface area contributed by atoms with Crippen LogP contribution in [0.15, 0.2) is 11.4 Å². The van der Waals surface area contributed by atoms with Crippen LogP contribution in [-0.2, 0) is 4.74 Å². The van der Waals surface area contributed by atoms with Crippen LogP contribution in [0.3, 0.4) is 0 Å². The minimum atomic E-state index is -0.0637. The van der Waals surface area contributed by atoms with Gasteiger partial charge in [-0.15, -0.1) is 11.3 Å². The average molecular weight is 171 g/mol. The van der Waals surface area contributed by atoms with Crippen molar-refractivity contribution in [1.82, 2.24) is 0 Å². The first-order valence-corrected chi connectivity index (χ1v) is 3.98. The van der Waals surface area contributed by atoms with E-state index < -0.39 is 0 Å². The van der Waals surface area contributed by atoms with E-state index in [-0.39, 0.29) is 12.4 Å². The van der Waals surface area contributed by atoms with Crippen molar-refractivity contribution in [1.29, 1.82) is 0 Å². The minimum Gasteiger partial charge on any atom is -0.390 e. The number of carbonyl (C=O) groups excluding carboxylic acids is 1. The molecule has 0 aliphatic carbocycles. The lowest BCUT2D eigenvalue weighted by Gasteiger charge is -1.96. The highest BCUT2D eigenvalue weighted by Gasteiger charge is 2.09. The first-order valence-electron chi connectivity index (χ1n) is 3.11. The van der Waals surface area contributed by atoms with Gasteiger partial charge in [-0.25, -0.2) is 0 Å². The van der Waals surface area contributed by atoms with Crippen LogP contribution in [0.4, 0.5) is 5.00 Å². The number of nitrogens with two attached hydrogens (primary N) is 1. The Morgan fingerprint density at radius 3 is 3.00 bits per heavy atom. The molecule has 1 heterocycles. The Hall–Kier alpha value is -0.870. The van der Waals surface area contributed by atoms with Gasteiger partial charge in [0.2, 0.25) is 0 Å². The van der Waals surface area contributed by atoms with E-state index in [1.54, 1.807) is 11.4 Å². The average Bonchev–Trinajstić information content (AvgIpc) is 2.36. The fraction of sp³-hybridized carbons (Fsp3) is 0.286. The van der Waals surface area contributed by atoms with E-state index in [4.69, 9.17) is 5.73 Å². The summed E-state index contributed by atoms with van der Waals surface area (Å²) in [5.74, 6) is -0.0637. The van der Waals surface area contributed by atoms with Crippen LogP contribution in [0, 0.1) is 0 Å². The molecule has 11 heavy (non-hydrogen) atoms. The van der Waals surface area contributed by atoms with Crippen LogP contribution in [0.2, 0.25) is 0 Å². The minimum absolute atomic E-state index is 0.0637. The van der Waals surface area contributed by atoms with Crippen LogP contribution in [0.25, 0.3) is 0 Å². The maximum Gasteiger partial charge on any atom is 0.191 e. The lowest BCUT2D eigenvalue weighted by molar-refractivity contribution is 0.0849. The summed E-state index contributed by atoms with van der Waals surface area (Å²) in [6.45, 7) is 0.0981. The molecule has 1 aromatic heterocycles. The molecule has 2 N–H and O–H groups in total. The zero-order chi connectivity index (χ0) is 8.27. The van der Waals surface area contributed by atoms with Gasteiger partial charge in [0.15, 0.2) is 5.78 Å². The van der Waals surface area contributed by atoms with Crippen molar-refractivity contribution in [2.45, 2.75) is 0 Å². The second kappa shape index (κ2) is 3.50. The summed E-state index contributed by atoms with van der Waals surface area (Å²) >= 11 is 1.36. The maximum atomic E-state index is 11.1. The molecule has 0 saturated heterocycles. The Balaban J connectivity index is 2.76. The standard InChI is InChI=1S/C7H9NO2S/c1-10-4-6(9)5-2-3-11-7(5)8/h2-3H,4,8H2,1H3. The van der Waals surface area contributed by atoms with Gasteiger partial charge < -0.3 is 10.5 Å². The van der Waals surface area contributed by atoms with Crippen molar-refractivity contribution in [3.05, 3.63) is 17.0 Å². The van der Waals surface area contributed by atoms with Crippen LogP contribution in [0.5, 0.6) is 0 Å². The molecular formula is C7H9NO2S. The zero-order valence-corrected chi connectivity index (χ0v) is 6.98. The first kappa shape index (κ1) is 8.23. The van der Waals surface area contributed by atoms with Crippen molar-refractivity contribution in [2.75, 3.05) is 19.5 Å². The second-order valence-electron chi connectivity index (χ2n) is 2.05. The number of thiophene rings is 1. The van der Waals surface area contributed by atoms with E-state index in [1.165, 1.54) is 18.4 Å². The summed E-state index contributed by atoms with van der Waals surface area (Å²) in [4.78, 5) is 11.1. The van der Waals surface area contributed by atoms with Gasteiger partial charge in [0.1, 0.15) is 6.61 Å². The molecule has 1 rings (SSSR count). The van der Waals surface area contributed by atoms with Crippen molar-refractivity contribution >= 4 is 22.1 Å². The Labute approximate surface area is 68.8 Å². The van der Waals surface area contributed by atoms with Gasteiger partial charge in [-0.2, -0.15) is 0 Å². The lowest BCUT2D eigenvalue weighted by atomic mass is 10.2. The zero-order valence-electron chi connectivity index (χ0n) is 6.16. The third kappa shape index (κ3) is 1.78. The fourth-order valence-electron chi connectivity index (χ4n) is 0.760. The normalized spacial score (nSPS) is 9.91. The highest BCUT2D eigenvalue weighted by atomic mass is 32.1. The monoisotopic (exact) mass is 171 g/mol. The highest BCUT2D eigenvalue weighted by molar-refractivity contribution is 7.14. The van der Waals surface area contributed by atoms with Crippen molar-refractivity contribution in [3.8, 4) is 0 Å². The molecule has 3 nitrogen and oxygen atoms in total. The summed E-state index contributed by atoms with van der Waals surface area (Å²) in [6.07, 6.45) is 0. The molecule has 0 radical (unpaired) electrons. The number of ether oxygens (including phenoxy) is 1. The number of anilines is 1. The van der Waals surface area contributed by atoms with Gasteiger partial charge in [-0.1, -0.05) is 0 Å². The molecule has 0 amide bonds. The van der Waals surface area contributed by atoms with Gasteiger partial charge in [0.25, 0.3) is 0 Å². The van der Waals surface area contributed by atoms with Crippen molar-refractivity contribution in [2.24, 2.45) is 0 Å². The van der Waals surface area contributed by atoms with Gasteiger partial charge in [-0.05, 0) is 11.4 Å². The topological polar surface area (TPSA) is 52.3 Å². The molecule has 0 aliphatic heterocycles. The Morgan fingerprint density at radius 2 is 2.55 bits per heavy atom. The van der Waals surface area contributed by atoms with Crippen LogP contribution < -0.4 is 5.73 Å². The molecule has 0 aromatic carbocycles. The van der Waals surface area contributed by atoms with Crippen LogP contribution in [-0.4, -0.2) is 19.5 Å². The number of methoxy groups -OCH3 is 1. The fourth-order valence-corrected chi connectivity index (χ4v) is 1.42. The third-order valence-electron chi connectivity index (χ3n) is 1.27. The predicted octanol–water partition coefficient (Wildman–Crippen LogP) is 1.16. The van der Waals surface area contributed by atoms with E-state index in [1.807, 2.05) is 0 Å². The number of hydrogen-bond acceptors (Lipinski definition) is 4. The molecule has 0 fully saturated rings. The van der Waals surface area contributed by atoms with Gasteiger partial charge in [0, 0.05) is 7.11 Å². The lowest BCUT2D eigenvalue weighted by Crippen LogP contribution is -2.07. The smallest absolute Gasteiger partial charge is 0.191 e. The molecule has 0 atom stereocenters. The van der Waals surface area contributed by atoms with E-state index in [0.29, 0.717) is 10.6 Å². The molecule has 0 unspecified atom stereocenters. The van der Waals surface area contributed by atoms with Gasteiger partial charge >= 0.3 is 0 Å². The van der Waals surface area contributed by atoms with Crippen LogP contribution in [0.1, 0.15) is 10.4 Å². The maximum absolute atomic E-state index is 11.1. The van der Waals surface area contributed by atoms with Gasteiger partial charge in [0.05, 0.1) is 10.6 Å². The first-order chi connectivity index (χ1) is 5.25. The third-order valence-corrected chi connectivity index (χ3v) is 2.02. The number of nitrogen functional groups attached to an aromatic ring is 1. The van der Waals surface area contributed by atoms with Crippen molar-refractivity contribution < 1.29 is 9.53 Å².